The summed E-state index contributed by atoms with van der Waals surface area (Å²) in [5.74, 6) is 0. The van der Waals surface area contributed by atoms with Gasteiger partial charge in [0.2, 0.25) is 0 Å². The van der Waals surface area contributed by atoms with Crippen LogP contribution in [0.2, 0.25) is 5.02 Å². The van der Waals surface area contributed by atoms with Crippen LogP contribution in [0.4, 0.5) is 0 Å². The van der Waals surface area contributed by atoms with Crippen LogP contribution in [0.25, 0.3) is 0 Å². The van der Waals surface area contributed by atoms with E-state index < -0.39 is 0 Å². The van der Waals surface area contributed by atoms with E-state index in [-0.39, 0.29) is 0 Å². The minimum Gasteiger partial charge on any atom is -0.329 e. The molecule has 2 rings (SSSR count). The van der Waals surface area contributed by atoms with Crippen molar-refractivity contribution in [2.75, 3.05) is 33.7 Å². The van der Waals surface area contributed by atoms with Gasteiger partial charge in [-0.05, 0) is 57.1 Å². The smallest absolute Gasteiger partial charge is 0.0473 e. The SMILES string of the molecule is Cc1cc(Cl)ccc1C(CN)N1CCC(N(C)C)CC1. The number of piperidine rings is 1. The van der Waals surface area contributed by atoms with Gasteiger partial charge in [0.05, 0.1) is 0 Å². The second kappa shape index (κ2) is 6.90. The third kappa shape index (κ3) is 3.53. The Morgan fingerprint density at radius 1 is 1.35 bits per heavy atom. The van der Waals surface area contributed by atoms with Crippen LogP contribution in [0.3, 0.4) is 0 Å². The summed E-state index contributed by atoms with van der Waals surface area (Å²) in [4.78, 5) is 4.86. The van der Waals surface area contributed by atoms with Crippen molar-refractivity contribution in [3.8, 4) is 0 Å². The molecule has 1 aromatic carbocycles. The third-order valence-corrected chi connectivity index (χ3v) is 4.72. The molecule has 0 saturated carbocycles. The first-order chi connectivity index (χ1) is 9.52. The normalized spacial score (nSPS) is 19.5. The van der Waals surface area contributed by atoms with Crippen molar-refractivity contribution < 1.29 is 0 Å². The molecular formula is C16H26ClN3. The summed E-state index contributed by atoms with van der Waals surface area (Å²) in [6.07, 6.45) is 2.44. The van der Waals surface area contributed by atoms with Crippen molar-refractivity contribution in [1.82, 2.24) is 9.80 Å². The number of nitrogens with two attached hydrogens (primary N) is 1. The summed E-state index contributed by atoms with van der Waals surface area (Å²) in [7, 11) is 4.34. The Morgan fingerprint density at radius 2 is 2.00 bits per heavy atom. The lowest BCUT2D eigenvalue weighted by atomic mass is 9.96. The number of rotatable bonds is 4. The van der Waals surface area contributed by atoms with Gasteiger partial charge < -0.3 is 10.6 Å². The van der Waals surface area contributed by atoms with E-state index >= 15 is 0 Å². The molecule has 1 atom stereocenters. The molecule has 0 bridgehead atoms. The van der Waals surface area contributed by atoms with Gasteiger partial charge in [0.25, 0.3) is 0 Å². The van der Waals surface area contributed by atoms with Crippen molar-refractivity contribution in [2.24, 2.45) is 5.73 Å². The largest absolute Gasteiger partial charge is 0.329 e. The molecule has 1 fully saturated rings. The van der Waals surface area contributed by atoms with E-state index in [2.05, 4.69) is 36.9 Å². The van der Waals surface area contributed by atoms with Gasteiger partial charge in [-0.1, -0.05) is 17.7 Å². The summed E-state index contributed by atoms with van der Waals surface area (Å²) < 4.78 is 0. The second-order valence-corrected chi connectivity index (χ2v) is 6.42. The molecule has 20 heavy (non-hydrogen) atoms. The quantitative estimate of drug-likeness (QED) is 0.927. The molecule has 3 nitrogen and oxygen atoms in total. The van der Waals surface area contributed by atoms with Crippen LogP contribution < -0.4 is 5.73 Å². The lowest BCUT2D eigenvalue weighted by Crippen LogP contribution is -2.45. The first kappa shape index (κ1) is 15.8. The van der Waals surface area contributed by atoms with Crippen LogP contribution in [0.1, 0.15) is 30.0 Å². The first-order valence-corrected chi connectivity index (χ1v) is 7.77. The fourth-order valence-corrected chi connectivity index (χ4v) is 3.43. The molecule has 0 aromatic heterocycles. The number of hydrogen-bond donors (Lipinski definition) is 1. The Bertz CT molecular complexity index is 439. The predicted octanol–water partition coefficient (Wildman–Crippen LogP) is 2.67. The van der Waals surface area contributed by atoms with Crippen molar-refractivity contribution in [2.45, 2.75) is 31.8 Å². The molecule has 4 heteroatoms. The van der Waals surface area contributed by atoms with E-state index in [1.54, 1.807) is 0 Å². The summed E-state index contributed by atoms with van der Waals surface area (Å²) in [5.41, 5.74) is 8.61. The number of nitrogens with zero attached hydrogens (tertiary/aromatic N) is 2. The third-order valence-electron chi connectivity index (χ3n) is 4.48. The summed E-state index contributed by atoms with van der Waals surface area (Å²) in [6, 6.07) is 7.16. The van der Waals surface area contributed by atoms with E-state index in [1.165, 1.54) is 24.0 Å². The lowest BCUT2D eigenvalue weighted by molar-refractivity contribution is 0.110. The zero-order valence-corrected chi connectivity index (χ0v) is 13.5. The molecule has 0 amide bonds. The van der Waals surface area contributed by atoms with Crippen molar-refractivity contribution in [1.29, 1.82) is 0 Å². The average molecular weight is 296 g/mol. The molecule has 1 unspecified atom stereocenters. The maximum Gasteiger partial charge on any atom is 0.0473 e. The van der Waals surface area contributed by atoms with E-state index in [1.807, 2.05) is 12.1 Å². The maximum absolute atomic E-state index is 6.05. The molecule has 1 aromatic rings. The molecule has 0 radical (unpaired) electrons. The first-order valence-electron chi connectivity index (χ1n) is 7.39. The van der Waals surface area contributed by atoms with Crippen LogP contribution in [-0.2, 0) is 0 Å². The zero-order valence-electron chi connectivity index (χ0n) is 12.8. The second-order valence-electron chi connectivity index (χ2n) is 5.98. The molecule has 1 aliphatic rings. The van der Waals surface area contributed by atoms with E-state index in [0.29, 0.717) is 18.6 Å². The average Bonchev–Trinajstić information content (AvgIpc) is 2.42. The minimum absolute atomic E-state index is 0.315. The highest BCUT2D eigenvalue weighted by atomic mass is 35.5. The van der Waals surface area contributed by atoms with Gasteiger partial charge in [-0.15, -0.1) is 0 Å². The highest BCUT2D eigenvalue weighted by Crippen LogP contribution is 2.28. The van der Waals surface area contributed by atoms with Crippen molar-refractivity contribution in [3.05, 3.63) is 34.3 Å². The van der Waals surface area contributed by atoms with Crippen LogP contribution in [0, 0.1) is 6.92 Å². The number of aryl methyl sites for hydroxylation is 1. The zero-order chi connectivity index (χ0) is 14.7. The van der Waals surface area contributed by atoms with E-state index in [4.69, 9.17) is 17.3 Å². The van der Waals surface area contributed by atoms with Crippen molar-refractivity contribution >= 4 is 11.6 Å². The van der Waals surface area contributed by atoms with Crippen molar-refractivity contribution in [3.63, 3.8) is 0 Å². The van der Waals surface area contributed by atoms with Gasteiger partial charge in [0.15, 0.2) is 0 Å². The Hall–Kier alpha value is -0.610. The van der Waals surface area contributed by atoms with Crippen LogP contribution >= 0.6 is 11.6 Å². The molecule has 1 saturated heterocycles. The van der Waals surface area contributed by atoms with Gasteiger partial charge in [-0.2, -0.15) is 0 Å². The fourth-order valence-electron chi connectivity index (χ4n) is 3.20. The highest BCUT2D eigenvalue weighted by molar-refractivity contribution is 6.30. The van der Waals surface area contributed by atoms with E-state index in [9.17, 15) is 0 Å². The Morgan fingerprint density at radius 3 is 2.50 bits per heavy atom. The van der Waals surface area contributed by atoms with E-state index in [0.717, 1.165) is 18.1 Å². The van der Waals surface area contributed by atoms with Crippen LogP contribution in [-0.4, -0.2) is 49.6 Å². The fraction of sp³-hybridized carbons (Fsp3) is 0.625. The lowest BCUT2D eigenvalue weighted by Gasteiger charge is -2.39. The Labute approximate surface area is 127 Å². The molecule has 112 valence electrons. The topological polar surface area (TPSA) is 32.5 Å². The highest BCUT2D eigenvalue weighted by Gasteiger charge is 2.26. The van der Waals surface area contributed by atoms with Gasteiger partial charge >= 0.3 is 0 Å². The molecule has 2 N–H and O–H groups in total. The molecule has 1 heterocycles. The van der Waals surface area contributed by atoms with Gasteiger partial charge in [-0.25, -0.2) is 0 Å². The maximum atomic E-state index is 6.05. The Balaban J connectivity index is 2.09. The number of hydrogen-bond acceptors (Lipinski definition) is 3. The Kier molecular flexibility index (Phi) is 5.44. The number of halogens is 1. The summed E-state index contributed by atoms with van der Waals surface area (Å²) in [6.45, 7) is 5.02. The molecule has 0 aliphatic carbocycles. The van der Waals surface area contributed by atoms with Crippen LogP contribution in [0.5, 0.6) is 0 Å². The van der Waals surface area contributed by atoms with Gasteiger partial charge in [0.1, 0.15) is 0 Å². The number of likely N-dealkylation sites (tertiary alicyclic amines) is 1. The minimum atomic E-state index is 0.315. The molecule has 0 spiro atoms. The standard InChI is InChI=1S/C16H26ClN3/c1-12-10-13(17)4-5-15(12)16(11-18)20-8-6-14(7-9-20)19(2)3/h4-5,10,14,16H,6-9,11,18H2,1-3H3. The number of benzene rings is 1. The monoisotopic (exact) mass is 295 g/mol. The van der Waals surface area contributed by atoms with Crippen LogP contribution in [0.15, 0.2) is 18.2 Å². The van der Waals surface area contributed by atoms with Gasteiger partial charge in [-0.3, -0.25) is 4.90 Å². The summed E-state index contributed by atoms with van der Waals surface area (Å²) in [5, 5.41) is 0.799. The van der Waals surface area contributed by atoms with Gasteiger partial charge in [0, 0.05) is 36.7 Å². The summed E-state index contributed by atoms with van der Waals surface area (Å²) >= 11 is 6.05. The molecular weight excluding hydrogens is 270 g/mol. The molecule has 1 aliphatic heterocycles. The predicted molar refractivity (Wildman–Crippen MR) is 86.3 cm³/mol.